The molecule has 2 aromatic rings. The first-order chi connectivity index (χ1) is 9.88. The number of rotatable bonds is 3. The van der Waals surface area contributed by atoms with E-state index in [-0.39, 0.29) is 15.7 Å². The zero-order valence-electron chi connectivity index (χ0n) is 10.9. The molecule has 108 valence electrons. The molecule has 0 bridgehead atoms. The molecule has 0 heterocycles. The molecule has 0 saturated carbocycles. The van der Waals surface area contributed by atoms with Crippen LogP contribution in [0.1, 0.15) is 15.9 Å². The Morgan fingerprint density at radius 3 is 2.62 bits per heavy atom. The number of benzene rings is 2. The lowest BCUT2D eigenvalue weighted by Crippen LogP contribution is -2.12. The van der Waals surface area contributed by atoms with Gasteiger partial charge in [0, 0.05) is 22.9 Å². The van der Waals surface area contributed by atoms with Gasteiger partial charge in [0.25, 0.3) is 11.6 Å². The first-order valence-corrected chi connectivity index (χ1v) is 6.69. The van der Waals surface area contributed by atoms with Gasteiger partial charge in [0.05, 0.1) is 9.40 Å². The van der Waals surface area contributed by atoms with Crippen LogP contribution in [0.3, 0.4) is 0 Å². The second kappa shape index (κ2) is 6.01. The fraction of sp³-hybridized carbons (Fsp3) is 0.0714. The van der Waals surface area contributed by atoms with Crippen molar-refractivity contribution in [1.29, 1.82) is 0 Å². The number of aryl methyl sites for hydroxylation is 1. The molecule has 0 unspecified atom stereocenters. The van der Waals surface area contributed by atoms with Crippen LogP contribution >= 0.6 is 15.9 Å². The average Bonchev–Trinajstić information content (AvgIpc) is 2.43. The van der Waals surface area contributed by atoms with E-state index in [0.29, 0.717) is 11.3 Å². The summed E-state index contributed by atoms with van der Waals surface area (Å²) in [6.45, 7) is 1.61. The molecule has 0 aliphatic heterocycles. The number of hydrogen-bond donors (Lipinski definition) is 1. The van der Waals surface area contributed by atoms with Gasteiger partial charge in [0.2, 0.25) is 0 Å². The molecule has 1 N–H and O–H groups in total. The van der Waals surface area contributed by atoms with Crippen LogP contribution in [-0.2, 0) is 0 Å². The van der Waals surface area contributed by atoms with Crippen LogP contribution in [0.15, 0.2) is 40.9 Å². The van der Waals surface area contributed by atoms with Crippen LogP contribution in [0.4, 0.5) is 15.8 Å². The van der Waals surface area contributed by atoms with Crippen LogP contribution in [-0.4, -0.2) is 10.8 Å². The van der Waals surface area contributed by atoms with Crippen molar-refractivity contribution in [3.8, 4) is 0 Å². The van der Waals surface area contributed by atoms with E-state index in [1.807, 2.05) is 0 Å². The van der Waals surface area contributed by atoms with Gasteiger partial charge in [0.15, 0.2) is 0 Å². The van der Waals surface area contributed by atoms with E-state index < -0.39 is 16.6 Å². The summed E-state index contributed by atoms with van der Waals surface area (Å²) in [6, 6.07) is 8.24. The first kappa shape index (κ1) is 15.1. The standard InChI is InChI=1S/C14H10BrFN2O3/c1-8-2-4-10(7-13(8)18(20)21)17-14(19)9-3-5-12(16)11(15)6-9/h2-7H,1H3,(H,17,19). The highest BCUT2D eigenvalue weighted by Crippen LogP contribution is 2.23. The molecule has 0 saturated heterocycles. The maximum atomic E-state index is 13.1. The maximum absolute atomic E-state index is 13.1. The molecule has 7 heteroatoms. The maximum Gasteiger partial charge on any atom is 0.274 e. The Labute approximate surface area is 128 Å². The van der Waals surface area contributed by atoms with E-state index in [4.69, 9.17) is 0 Å². The van der Waals surface area contributed by atoms with Crippen molar-refractivity contribution < 1.29 is 14.1 Å². The van der Waals surface area contributed by atoms with Crippen molar-refractivity contribution in [1.82, 2.24) is 0 Å². The molecule has 2 aromatic carbocycles. The SMILES string of the molecule is Cc1ccc(NC(=O)c2ccc(F)c(Br)c2)cc1[N+](=O)[O-]. The molecule has 0 fully saturated rings. The zero-order chi connectivity index (χ0) is 15.6. The minimum absolute atomic E-state index is 0.0758. The number of nitro groups is 1. The highest BCUT2D eigenvalue weighted by Gasteiger charge is 2.13. The third-order valence-electron chi connectivity index (χ3n) is 2.85. The largest absolute Gasteiger partial charge is 0.322 e. The first-order valence-electron chi connectivity index (χ1n) is 5.90. The summed E-state index contributed by atoms with van der Waals surface area (Å²) in [7, 11) is 0. The lowest BCUT2D eigenvalue weighted by molar-refractivity contribution is -0.385. The molecule has 21 heavy (non-hydrogen) atoms. The number of hydrogen-bond acceptors (Lipinski definition) is 3. The highest BCUT2D eigenvalue weighted by molar-refractivity contribution is 9.10. The van der Waals surface area contributed by atoms with Crippen molar-refractivity contribution in [2.24, 2.45) is 0 Å². The van der Waals surface area contributed by atoms with Crippen molar-refractivity contribution in [2.45, 2.75) is 6.92 Å². The van der Waals surface area contributed by atoms with Gasteiger partial charge in [-0.2, -0.15) is 0 Å². The normalized spacial score (nSPS) is 10.2. The van der Waals surface area contributed by atoms with Crippen molar-refractivity contribution in [2.75, 3.05) is 5.32 Å². The van der Waals surface area contributed by atoms with Gasteiger partial charge in [-0.25, -0.2) is 4.39 Å². The number of nitrogens with zero attached hydrogens (tertiary/aromatic N) is 1. The lowest BCUT2D eigenvalue weighted by Gasteiger charge is -2.07. The number of anilines is 1. The minimum atomic E-state index is -0.514. The van der Waals surface area contributed by atoms with Gasteiger partial charge in [-0.1, -0.05) is 6.07 Å². The van der Waals surface area contributed by atoms with Crippen LogP contribution < -0.4 is 5.32 Å². The van der Waals surface area contributed by atoms with E-state index in [1.54, 1.807) is 19.1 Å². The van der Waals surface area contributed by atoms with Gasteiger partial charge in [-0.3, -0.25) is 14.9 Å². The van der Waals surface area contributed by atoms with Gasteiger partial charge >= 0.3 is 0 Å². The summed E-state index contributed by atoms with van der Waals surface area (Å²) in [5.41, 5.74) is 0.972. The van der Waals surface area contributed by atoms with Crippen LogP contribution in [0, 0.1) is 22.9 Å². The van der Waals surface area contributed by atoms with Crippen molar-refractivity contribution in [3.63, 3.8) is 0 Å². The molecule has 0 atom stereocenters. The summed E-state index contributed by atoms with van der Waals surface area (Å²) in [6.07, 6.45) is 0. The predicted octanol–water partition coefficient (Wildman–Crippen LogP) is 4.06. The number of amides is 1. The Morgan fingerprint density at radius 1 is 1.29 bits per heavy atom. The molecule has 0 aromatic heterocycles. The molecule has 0 aliphatic carbocycles. The van der Waals surface area contributed by atoms with E-state index in [9.17, 15) is 19.3 Å². The second-order valence-electron chi connectivity index (χ2n) is 4.34. The smallest absolute Gasteiger partial charge is 0.274 e. The van der Waals surface area contributed by atoms with Crippen LogP contribution in [0.2, 0.25) is 0 Å². The number of carbonyl (C=O) groups excluding carboxylic acids is 1. The summed E-state index contributed by atoms with van der Waals surface area (Å²) in [4.78, 5) is 22.4. The Balaban J connectivity index is 2.25. The zero-order valence-corrected chi connectivity index (χ0v) is 12.5. The lowest BCUT2D eigenvalue weighted by atomic mass is 10.1. The topological polar surface area (TPSA) is 72.2 Å². The van der Waals surface area contributed by atoms with Crippen molar-refractivity contribution in [3.05, 3.63) is 67.9 Å². The predicted molar refractivity (Wildman–Crippen MR) is 79.9 cm³/mol. The number of halogens is 2. The second-order valence-corrected chi connectivity index (χ2v) is 5.20. The van der Waals surface area contributed by atoms with E-state index in [0.717, 1.165) is 6.07 Å². The quantitative estimate of drug-likeness (QED) is 0.668. The van der Waals surface area contributed by atoms with E-state index >= 15 is 0 Å². The third kappa shape index (κ3) is 3.43. The summed E-state index contributed by atoms with van der Waals surface area (Å²) in [5.74, 6) is -0.952. The van der Waals surface area contributed by atoms with Gasteiger partial charge in [0.1, 0.15) is 5.82 Å². The van der Waals surface area contributed by atoms with Crippen LogP contribution in [0.25, 0.3) is 0 Å². The third-order valence-corrected chi connectivity index (χ3v) is 3.45. The molecule has 0 spiro atoms. The van der Waals surface area contributed by atoms with Gasteiger partial charge in [-0.05, 0) is 47.1 Å². The molecular formula is C14H10BrFN2O3. The monoisotopic (exact) mass is 352 g/mol. The van der Waals surface area contributed by atoms with E-state index in [1.165, 1.54) is 18.2 Å². The number of carbonyl (C=O) groups is 1. The van der Waals surface area contributed by atoms with Crippen molar-refractivity contribution >= 4 is 33.2 Å². The molecular weight excluding hydrogens is 343 g/mol. The fourth-order valence-corrected chi connectivity index (χ4v) is 2.10. The molecule has 0 aliphatic rings. The van der Waals surface area contributed by atoms with Gasteiger partial charge in [-0.15, -0.1) is 0 Å². The molecule has 2 rings (SSSR count). The van der Waals surface area contributed by atoms with Crippen LogP contribution in [0.5, 0.6) is 0 Å². The summed E-state index contributed by atoms with van der Waals surface area (Å²) < 4.78 is 13.3. The molecule has 0 radical (unpaired) electrons. The highest BCUT2D eigenvalue weighted by atomic mass is 79.9. The minimum Gasteiger partial charge on any atom is -0.322 e. The number of nitro benzene ring substituents is 1. The Bertz CT molecular complexity index is 734. The Hall–Kier alpha value is -2.28. The van der Waals surface area contributed by atoms with E-state index in [2.05, 4.69) is 21.2 Å². The number of nitrogens with one attached hydrogen (secondary N) is 1. The summed E-state index contributed by atoms with van der Waals surface area (Å²) in [5, 5.41) is 13.4. The molecule has 1 amide bonds. The van der Waals surface area contributed by atoms with Gasteiger partial charge < -0.3 is 5.32 Å². The Kier molecular flexibility index (Phi) is 4.32. The molecule has 5 nitrogen and oxygen atoms in total. The summed E-state index contributed by atoms with van der Waals surface area (Å²) >= 11 is 3.00. The average molecular weight is 353 g/mol. The Morgan fingerprint density at radius 2 is 2.00 bits per heavy atom. The fourth-order valence-electron chi connectivity index (χ4n) is 1.72.